The van der Waals surface area contributed by atoms with Crippen LogP contribution >= 0.6 is 22.6 Å². The molecule has 8 heteroatoms. The molecule has 0 saturated carbocycles. The average Bonchev–Trinajstić information content (AvgIpc) is 2.83. The van der Waals surface area contributed by atoms with Crippen LogP contribution in [0.5, 0.6) is 0 Å². The molecule has 0 radical (unpaired) electrons. The lowest BCUT2D eigenvalue weighted by atomic mass is 10.2. The molecule has 1 amide bonds. The van der Waals surface area contributed by atoms with Crippen molar-refractivity contribution in [1.29, 1.82) is 0 Å². The second-order valence-electron chi connectivity index (χ2n) is 3.64. The number of aromatic carboxylic acids is 1. The van der Waals surface area contributed by atoms with Crippen LogP contribution in [-0.4, -0.2) is 32.0 Å². The summed E-state index contributed by atoms with van der Waals surface area (Å²) in [6.07, 6.45) is 3.01. The number of aromatic nitrogens is 3. The Hall–Kier alpha value is -1.97. The summed E-state index contributed by atoms with van der Waals surface area (Å²) < 4.78 is 2.13. The summed E-state index contributed by atoms with van der Waals surface area (Å²) >= 11 is 2.01. The lowest BCUT2D eigenvalue weighted by Gasteiger charge is -2.08. The Kier molecular flexibility index (Phi) is 4.10. The Labute approximate surface area is 121 Å². The Bertz CT molecular complexity index is 612. The number of hydrogen-bond acceptors (Lipinski definition) is 4. The third-order valence-corrected chi connectivity index (χ3v) is 2.93. The molecule has 0 fully saturated rings. The molecule has 0 aliphatic rings. The maximum Gasteiger partial charge on any atom is 0.337 e. The molecule has 2 aromatic rings. The highest BCUT2D eigenvalue weighted by atomic mass is 127. The molecule has 7 nitrogen and oxygen atoms in total. The number of rotatable bonds is 4. The third kappa shape index (κ3) is 3.50. The molecule has 0 aliphatic heterocycles. The van der Waals surface area contributed by atoms with Crippen molar-refractivity contribution in [3.63, 3.8) is 0 Å². The molecule has 1 aromatic carbocycles. The fourth-order valence-electron chi connectivity index (χ4n) is 1.46. The largest absolute Gasteiger partial charge is 0.478 e. The Morgan fingerprint density at radius 2 is 2.21 bits per heavy atom. The number of anilines is 1. The molecule has 0 atom stereocenters. The lowest BCUT2D eigenvalue weighted by Crippen LogP contribution is -2.20. The first kappa shape index (κ1) is 13.5. The molecule has 0 spiro atoms. The fourth-order valence-corrected chi connectivity index (χ4v) is 1.95. The Morgan fingerprint density at radius 3 is 2.84 bits per heavy atom. The molecular formula is C11H9IN4O3. The maximum atomic E-state index is 11.7. The zero-order chi connectivity index (χ0) is 13.8. The van der Waals surface area contributed by atoms with Gasteiger partial charge in [-0.2, -0.15) is 0 Å². The summed E-state index contributed by atoms with van der Waals surface area (Å²) in [6.45, 7) is -0.0228. The van der Waals surface area contributed by atoms with E-state index in [1.54, 1.807) is 18.3 Å². The monoisotopic (exact) mass is 372 g/mol. The van der Waals surface area contributed by atoms with Gasteiger partial charge in [-0.3, -0.25) is 4.79 Å². The highest BCUT2D eigenvalue weighted by Crippen LogP contribution is 2.19. The number of nitrogens with zero attached hydrogens (tertiary/aromatic N) is 3. The summed E-state index contributed by atoms with van der Waals surface area (Å²) in [6, 6.07) is 4.77. The molecule has 0 saturated heterocycles. The van der Waals surface area contributed by atoms with Crippen LogP contribution in [0.25, 0.3) is 0 Å². The normalized spacial score (nSPS) is 10.2. The van der Waals surface area contributed by atoms with E-state index in [1.165, 1.54) is 16.9 Å². The SMILES string of the molecule is O=C(Cn1ccnn1)Nc1ccc(I)cc1C(=O)O. The minimum atomic E-state index is -1.09. The number of carboxylic acids is 1. The molecule has 19 heavy (non-hydrogen) atoms. The van der Waals surface area contributed by atoms with Gasteiger partial charge >= 0.3 is 5.97 Å². The summed E-state index contributed by atoms with van der Waals surface area (Å²) in [5, 5.41) is 18.9. The van der Waals surface area contributed by atoms with Crippen LogP contribution in [0.1, 0.15) is 10.4 Å². The van der Waals surface area contributed by atoms with E-state index in [4.69, 9.17) is 5.11 Å². The van der Waals surface area contributed by atoms with Gasteiger partial charge in [-0.1, -0.05) is 5.21 Å². The van der Waals surface area contributed by atoms with E-state index in [-0.39, 0.29) is 23.7 Å². The van der Waals surface area contributed by atoms with Crippen molar-refractivity contribution in [2.75, 3.05) is 5.32 Å². The molecule has 1 heterocycles. The van der Waals surface area contributed by atoms with Crippen LogP contribution in [0, 0.1) is 3.57 Å². The van der Waals surface area contributed by atoms with Gasteiger partial charge in [0.2, 0.25) is 5.91 Å². The second kappa shape index (κ2) is 5.78. The second-order valence-corrected chi connectivity index (χ2v) is 4.89. The zero-order valence-electron chi connectivity index (χ0n) is 9.58. The van der Waals surface area contributed by atoms with Gasteiger partial charge in [0.1, 0.15) is 6.54 Å². The number of benzene rings is 1. The van der Waals surface area contributed by atoms with Gasteiger partial charge in [0, 0.05) is 9.77 Å². The highest BCUT2D eigenvalue weighted by molar-refractivity contribution is 14.1. The van der Waals surface area contributed by atoms with Crippen molar-refractivity contribution in [2.45, 2.75) is 6.54 Å². The molecular weight excluding hydrogens is 363 g/mol. The van der Waals surface area contributed by atoms with Crippen LogP contribution in [0.2, 0.25) is 0 Å². The van der Waals surface area contributed by atoms with Gasteiger partial charge in [-0.25, -0.2) is 9.48 Å². The highest BCUT2D eigenvalue weighted by Gasteiger charge is 2.13. The van der Waals surface area contributed by atoms with Crippen LogP contribution in [-0.2, 0) is 11.3 Å². The quantitative estimate of drug-likeness (QED) is 0.787. The summed E-state index contributed by atoms with van der Waals surface area (Å²) in [4.78, 5) is 22.8. The van der Waals surface area contributed by atoms with E-state index in [0.29, 0.717) is 0 Å². The van der Waals surface area contributed by atoms with Crippen LogP contribution in [0.4, 0.5) is 5.69 Å². The van der Waals surface area contributed by atoms with E-state index in [2.05, 4.69) is 15.6 Å². The molecule has 0 unspecified atom stereocenters. The smallest absolute Gasteiger partial charge is 0.337 e. The fraction of sp³-hybridized carbons (Fsp3) is 0.0909. The topological polar surface area (TPSA) is 97.1 Å². The Morgan fingerprint density at radius 1 is 1.42 bits per heavy atom. The number of carbonyl (C=O) groups is 2. The summed E-state index contributed by atoms with van der Waals surface area (Å²) in [7, 11) is 0. The molecule has 2 rings (SSSR count). The van der Waals surface area contributed by atoms with Crippen molar-refractivity contribution in [1.82, 2.24) is 15.0 Å². The predicted molar refractivity (Wildman–Crippen MR) is 74.8 cm³/mol. The zero-order valence-corrected chi connectivity index (χ0v) is 11.7. The molecule has 2 N–H and O–H groups in total. The molecule has 0 bridgehead atoms. The van der Waals surface area contributed by atoms with Crippen LogP contribution < -0.4 is 5.32 Å². The van der Waals surface area contributed by atoms with Gasteiger partial charge in [-0.15, -0.1) is 5.10 Å². The van der Waals surface area contributed by atoms with Crippen molar-refractivity contribution < 1.29 is 14.7 Å². The first-order chi connectivity index (χ1) is 9.06. The lowest BCUT2D eigenvalue weighted by molar-refractivity contribution is -0.116. The van der Waals surface area contributed by atoms with Gasteiger partial charge in [0.05, 0.1) is 17.4 Å². The maximum absolute atomic E-state index is 11.7. The number of carboxylic acid groups (broad SMARTS) is 1. The number of hydrogen-bond donors (Lipinski definition) is 2. The number of nitrogens with one attached hydrogen (secondary N) is 1. The van der Waals surface area contributed by atoms with E-state index in [1.807, 2.05) is 22.6 Å². The standard InChI is InChI=1S/C11H9IN4O3/c12-7-1-2-9(8(5-7)11(18)19)14-10(17)6-16-4-3-13-15-16/h1-5H,6H2,(H,14,17)(H,18,19). The van der Waals surface area contributed by atoms with Crippen LogP contribution in [0.15, 0.2) is 30.6 Å². The first-order valence-corrected chi connectivity index (χ1v) is 6.31. The van der Waals surface area contributed by atoms with E-state index >= 15 is 0 Å². The van der Waals surface area contributed by atoms with E-state index in [9.17, 15) is 9.59 Å². The predicted octanol–water partition coefficient (Wildman–Crippen LogP) is 1.22. The summed E-state index contributed by atoms with van der Waals surface area (Å²) in [5.74, 6) is -1.45. The average molecular weight is 372 g/mol. The van der Waals surface area contributed by atoms with Gasteiger partial charge in [0.15, 0.2) is 0 Å². The van der Waals surface area contributed by atoms with Gasteiger partial charge in [-0.05, 0) is 40.8 Å². The van der Waals surface area contributed by atoms with Gasteiger partial charge < -0.3 is 10.4 Å². The molecule has 1 aromatic heterocycles. The number of amides is 1. The van der Waals surface area contributed by atoms with E-state index in [0.717, 1.165) is 3.57 Å². The Balaban J connectivity index is 2.14. The van der Waals surface area contributed by atoms with E-state index < -0.39 is 5.97 Å². The molecule has 0 aliphatic carbocycles. The van der Waals surface area contributed by atoms with Crippen LogP contribution in [0.3, 0.4) is 0 Å². The van der Waals surface area contributed by atoms with Gasteiger partial charge in [0.25, 0.3) is 0 Å². The number of carbonyl (C=O) groups excluding carboxylic acids is 1. The number of halogens is 1. The summed E-state index contributed by atoms with van der Waals surface area (Å²) in [5.41, 5.74) is 0.317. The third-order valence-electron chi connectivity index (χ3n) is 2.26. The van der Waals surface area contributed by atoms with Crippen molar-refractivity contribution >= 4 is 40.2 Å². The first-order valence-electron chi connectivity index (χ1n) is 5.23. The minimum absolute atomic E-state index is 0.0228. The van der Waals surface area contributed by atoms with Crippen molar-refractivity contribution in [3.8, 4) is 0 Å². The van der Waals surface area contributed by atoms with Crippen molar-refractivity contribution in [3.05, 3.63) is 39.7 Å². The minimum Gasteiger partial charge on any atom is -0.478 e. The van der Waals surface area contributed by atoms with Crippen molar-refractivity contribution in [2.24, 2.45) is 0 Å². The molecule has 98 valence electrons.